The van der Waals surface area contributed by atoms with Gasteiger partial charge in [0.2, 0.25) is 0 Å². The third-order valence-corrected chi connectivity index (χ3v) is 3.03. The Morgan fingerprint density at radius 3 is 2.05 bits per heavy atom. The molecule has 0 aromatic heterocycles. The topological polar surface area (TPSA) is 78.9 Å². The van der Waals surface area contributed by atoms with E-state index in [0.29, 0.717) is 12.0 Å². The van der Waals surface area contributed by atoms with E-state index in [1.54, 1.807) is 24.3 Å². The molecule has 0 saturated heterocycles. The maximum atomic E-state index is 11.7. The molecule has 1 aromatic carbocycles. The minimum Gasteiger partial charge on any atom is -0.469 e. The Kier molecular flexibility index (Phi) is 6.39. The molecule has 0 N–H and O–H groups in total. The molecule has 114 valence electrons. The molecular formula is C15H18O6. The summed E-state index contributed by atoms with van der Waals surface area (Å²) in [5.41, 5.74) is 1.23. The Hall–Kier alpha value is -2.37. The first-order chi connectivity index (χ1) is 10.0. The first-order valence-electron chi connectivity index (χ1n) is 6.33. The standard InChI is InChI=1S/C15H18O6/c1-19-13(16)9-12(15(18)21-3)8-10-4-6-11(7-5-10)14(17)20-2/h4-7,12H,8-9H2,1-3H3. The molecule has 1 unspecified atom stereocenters. The average Bonchev–Trinajstić information content (AvgIpc) is 2.53. The summed E-state index contributed by atoms with van der Waals surface area (Å²) >= 11 is 0. The number of ether oxygens (including phenoxy) is 3. The fourth-order valence-electron chi connectivity index (χ4n) is 1.87. The summed E-state index contributed by atoms with van der Waals surface area (Å²) in [6.45, 7) is 0. The van der Waals surface area contributed by atoms with Gasteiger partial charge in [0.25, 0.3) is 0 Å². The van der Waals surface area contributed by atoms with Gasteiger partial charge in [-0.1, -0.05) is 12.1 Å². The van der Waals surface area contributed by atoms with E-state index in [0.717, 1.165) is 5.56 Å². The molecule has 1 aromatic rings. The quantitative estimate of drug-likeness (QED) is 0.582. The third-order valence-electron chi connectivity index (χ3n) is 3.03. The largest absolute Gasteiger partial charge is 0.469 e. The van der Waals surface area contributed by atoms with E-state index in [9.17, 15) is 14.4 Å². The Morgan fingerprint density at radius 1 is 0.952 bits per heavy atom. The van der Waals surface area contributed by atoms with Crippen molar-refractivity contribution in [2.24, 2.45) is 5.92 Å². The second kappa shape index (κ2) is 8.04. The summed E-state index contributed by atoms with van der Waals surface area (Å²) in [5.74, 6) is -2.00. The van der Waals surface area contributed by atoms with Crippen LogP contribution in [0.15, 0.2) is 24.3 Å². The highest BCUT2D eigenvalue weighted by molar-refractivity contribution is 5.89. The highest BCUT2D eigenvalue weighted by Crippen LogP contribution is 2.16. The van der Waals surface area contributed by atoms with Crippen molar-refractivity contribution < 1.29 is 28.6 Å². The molecule has 0 bridgehead atoms. The van der Waals surface area contributed by atoms with Crippen molar-refractivity contribution in [3.8, 4) is 0 Å². The minimum absolute atomic E-state index is 0.0536. The van der Waals surface area contributed by atoms with Gasteiger partial charge in [0.15, 0.2) is 0 Å². The number of hydrogen-bond acceptors (Lipinski definition) is 6. The van der Waals surface area contributed by atoms with Crippen LogP contribution in [-0.4, -0.2) is 39.2 Å². The molecule has 0 aliphatic rings. The second-order valence-electron chi connectivity index (χ2n) is 4.39. The van der Waals surface area contributed by atoms with Crippen LogP contribution in [0.1, 0.15) is 22.3 Å². The van der Waals surface area contributed by atoms with Gasteiger partial charge in [-0.2, -0.15) is 0 Å². The van der Waals surface area contributed by atoms with Crippen molar-refractivity contribution in [2.75, 3.05) is 21.3 Å². The first-order valence-corrected chi connectivity index (χ1v) is 6.33. The van der Waals surface area contributed by atoms with E-state index in [1.807, 2.05) is 0 Å². The molecular weight excluding hydrogens is 276 g/mol. The van der Waals surface area contributed by atoms with Gasteiger partial charge >= 0.3 is 17.9 Å². The van der Waals surface area contributed by atoms with Crippen LogP contribution < -0.4 is 0 Å². The molecule has 0 fully saturated rings. The zero-order valence-corrected chi connectivity index (χ0v) is 12.3. The lowest BCUT2D eigenvalue weighted by atomic mass is 9.95. The SMILES string of the molecule is COC(=O)CC(Cc1ccc(C(=O)OC)cc1)C(=O)OC. The summed E-state index contributed by atoms with van der Waals surface area (Å²) in [7, 11) is 3.84. The predicted octanol–water partition coefficient (Wildman–Crippen LogP) is 1.37. The molecule has 0 aliphatic carbocycles. The minimum atomic E-state index is -0.619. The predicted molar refractivity (Wildman–Crippen MR) is 73.6 cm³/mol. The lowest BCUT2D eigenvalue weighted by molar-refractivity contribution is -0.151. The Morgan fingerprint density at radius 2 is 1.57 bits per heavy atom. The fraction of sp³-hybridized carbons (Fsp3) is 0.400. The van der Waals surface area contributed by atoms with Crippen LogP contribution in [0, 0.1) is 5.92 Å². The van der Waals surface area contributed by atoms with Crippen LogP contribution >= 0.6 is 0 Å². The van der Waals surface area contributed by atoms with Gasteiger partial charge in [-0.3, -0.25) is 9.59 Å². The number of carbonyl (C=O) groups excluding carboxylic acids is 3. The van der Waals surface area contributed by atoms with Gasteiger partial charge in [-0.05, 0) is 24.1 Å². The normalized spacial score (nSPS) is 11.4. The highest BCUT2D eigenvalue weighted by Gasteiger charge is 2.23. The fourth-order valence-corrected chi connectivity index (χ4v) is 1.87. The third kappa shape index (κ3) is 4.91. The van der Waals surface area contributed by atoms with E-state index in [4.69, 9.17) is 0 Å². The Labute approximate surface area is 123 Å². The first kappa shape index (κ1) is 16.7. The van der Waals surface area contributed by atoms with E-state index in [2.05, 4.69) is 14.2 Å². The van der Waals surface area contributed by atoms with E-state index < -0.39 is 23.8 Å². The molecule has 0 radical (unpaired) electrons. The molecule has 1 atom stereocenters. The number of methoxy groups -OCH3 is 3. The number of carbonyl (C=O) groups is 3. The summed E-state index contributed by atoms with van der Waals surface area (Å²) in [4.78, 5) is 34.3. The monoisotopic (exact) mass is 294 g/mol. The van der Waals surface area contributed by atoms with Gasteiger partial charge in [-0.15, -0.1) is 0 Å². The van der Waals surface area contributed by atoms with Gasteiger partial charge in [0.1, 0.15) is 0 Å². The zero-order valence-electron chi connectivity index (χ0n) is 12.3. The maximum absolute atomic E-state index is 11.7. The smallest absolute Gasteiger partial charge is 0.337 e. The van der Waals surface area contributed by atoms with E-state index >= 15 is 0 Å². The Balaban J connectivity index is 2.80. The van der Waals surface area contributed by atoms with Gasteiger partial charge in [0, 0.05) is 0 Å². The van der Waals surface area contributed by atoms with Crippen molar-refractivity contribution in [1.82, 2.24) is 0 Å². The van der Waals surface area contributed by atoms with Crippen LogP contribution in [0.5, 0.6) is 0 Å². The van der Waals surface area contributed by atoms with Crippen LogP contribution in [0.25, 0.3) is 0 Å². The van der Waals surface area contributed by atoms with Gasteiger partial charge in [-0.25, -0.2) is 4.79 Å². The van der Waals surface area contributed by atoms with Crippen LogP contribution in [0.2, 0.25) is 0 Å². The second-order valence-corrected chi connectivity index (χ2v) is 4.39. The van der Waals surface area contributed by atoms with Crippen LogP contribution in [0.4, 0.5) is 0 Å². The van der Waals surface area contributed by atoms with Crippen LogP contribution in [0.3, 0.4) is 0 Å². The summed E-state index contributed by atoms with van der Waals surface area (Å²) in [6.07, 6.45) is 0.269. The number of rotatable bonds is 6. The molecule has 0 saturated carbocycles. The lowest BCUT2D eigenvalue weighted by Gasteiger charge is -2.13. The summed E-state index contributed by atoms with van der Waals surface area (Å²) < 4.78 is 13.9. The van der Waals surface area contributed by atoms with E-state index in [-0.39, 0.29) is 6.42 Å². The molecule has 0 spiro atoms. The van der Waals surface area contributed by atoms with Crippen molar-refractivity contribution in [3.63, 3.8) is 0 Å². The molecule has 0 aliphatic heterocycles. The maximum Gasteiger partial charge on any atom is 0.337 e. The molecule has 0 heterocycles. The lowest BCUT2D eigenvalue weighted by Crippen LogP contribution is -2.22. The molecule has 1 rings (SSSR count). The number of benzene rings is 1. The average molecular weight is 294 g/mol. The van der Waals surface area contributed by atoms with Gasteiger partial charge in [0.05, 0.1) is 39.2 Å². The van der Waals surface area contributed by atoms with E-state index in [1.165, 1.54) is 21.3 Å². The number of hydrogen-bond donors (Lipinski definition) is 0. The molecule has 6 nitrogen and oxygen atoms in total. The number of esters is 3. The summed E-state index contributed by atoms with van der Waals surface area (Å²) in [5, 5.41) is 0. The molecule has 0 amide bonds. The summed E-state index contributed by atoms with van der Waals surface area (Å²) in [6, 6.07) is 6.63. The van der Waals surface area contributed by atoms with Crippen molar-refractivity contribution >= 4 is 17.9 Å². The van der Waals surface area contributed by atoms with Crippen molar-refractivity contribution in [2.45, 2.75) is 12.8 Å². The highest BCUT2D eigenvalue weighted by atomic mass is 16.5. The van der Waals surface area contributed by atoms with Gasteiger partial charge < -0.3 is 14.2 Å². The van der Waals surface area contributed by atoms with Crippen LogP contribution in [-0.2, 0) is 30.2 Å². The van der Waals surface area contributed by atoms with Crippen molar-refractivity contribution in [1.29, 1.82) is 0 Å². The molecule has 6 heteroatoms. The Bertz CT molecular complexity index is 505. The molecule has 21 heavy (non-hydrogen) atoms. The van der Waals surface area contributed by atoms with Crippen molar-refractivity contribution in [3.05, 3.63) is 35.4 Å². The zero-order chi connectivity index (χ0) is 15.8.